The first kappa shape index (κ1) is 18.3. The van der Waals surface area contributed by atoms with Crippen LogP contribution in [0.25, 0.3) is 5.57 Å². The molecule has 0 amide bonds. The fourth-order valence-corrected chi connectivity index (χ4v) is 4.66. The van der Waals surface area contributed by atoms with Crippen LogP contribution in [0.3, 0.4) is 0 Å². The number of hydrogen-bond donors (Lipinski definition) is 0. The van der Waals surface area contributed by atoms with Crippen LogP contribution in [0.1, 0.15) is 48.9 Å². The van der Waals surface area contributed by atoms with Gasteiger partial charge in [-0.05, 0) is 72.0 Å². The van der Waals surface area contributed by atoms with E-state index in [4.69, 9.17) is 0 Å². The molecule has 0 N–H and O–H groups in total. The van der Waals surface area contributed by atoms with Gasteiger partial charge in [0.1, 0.15) is 5.69 Å². The Morgan fingerprint density at radius 2 is 1.90 bits per heavy atom. The standard InChI is InChI=1S/C28H22N2/c1-28(2)23-12-6-8-14-26(23)30(27-15-9-7-13-24(27)28)25-17-16-20(19-29)18-22(25)21-10-4-3-5-11-21/h3-4,6-8,10,12-14,16-18H,5,11H2,1-2H3. The number of allylic oxidation sites excluding steroid dienone is 4. The molecule has 0 spiro atoms. The van der Waals surface area contributed by atoms with Crippen molar-refractivity contribution in [1.29, 1.82) is 5.26 Å². The summed E-state index contributed by atoms with van der Waals surface area (Å²) in [5.41, 5.74) is 8.69. The minimum atomic E-state index is -0.131. The molecule has 3 aromatic carbocycles. The van der Waals surface area contributed by atoms with E-state index >= 15 is 0 Å². The zero-order valence-corrected chi connectivity index (χ0v) is 17.2. The van der Waals surface area contributed by atoms with E-state index in [0.29, 0.717) is 5.56 Å². The van der Waals surface area contributed by atoms with Gasteiger partial charge in [0.15, 0.2) is 0 Å². The van der Waals surface area contributed by atoms with Gasteiger partial charge in [0.25, 0.3) is 0 Å². The van der Waals surface area contributed by atoms with E-state index < -0.39 is 0 Å². The van der Waals surface area contributed by atoms with Crippen molar-refractivity contribution < 1.29 is 0 Å². The lowest BCUT2D eigenvalue weighted by molar-refractivity contribution is 0.632. The molecular formula is C28H22N2. The third kappa shape index (κ3) is 2.73. The highest BCUT2D eigenvalue weighted by Crippen LogP contribution is 2.52. The lowest BCUT2D eigenvalue weighted by Gasteiger charge is -2.41. The van der Waals surface area contributed by atoms with Crippen molar-refractivity contribution in [2.75, 3.05) is 4.90 Å². The Labute approximate surface area is 178 Å². The first-order valence-corrected chi connectivity index (χ1v) is 10.3. The van der Waals surface area contributed by atoms with Gasteiger partial charge < -0.3 is 4.90 Å². The zero-order valence-electron chi connectivity index (χ0n) is 17.2. The minimum absolute atomic E-state index is 0.131. The maximum atomic E-state index is 9.54. The summed E-state index contributed by atoms with van der Waals surface area (Å²) in [5, 5.41) is 9.54. The summed E-state index contributed by atoms with van der Waals surface area (Å²) in [7, 11) is 0. The largest absolute Gasteiger partial charge is 0.302 e. The average Bonchev–Trinajstić information content (AvgIpc) is 2.80. The topological polar surface area (TPSA) is 27.0 Å². The number of nitriles is 1. The van der Waals surface area contributed by atoms with Crippen molar-refractivity contribution in [3.63, 3.8) is 0 Å². The quantitative estimate of drug-likeness (QED) is 0.474. The summed E-state index contributed by atoms with van der Waals surface area (Å²) in [6, 6.07) is 27.6. The fraction of sp³-hybridized carbons (Fsp3) is 0.179. The number of anilines is 3. The predicted molar refractivity (Wildman–Crippen MR) is 122 cm³/mol. The van der Waals surface area contributed by atoms with Crippen molar-refractivity contribution in [2.45, 2.75) is 32.1 Å². The Morgan fingerprint density at radius 3 is 2.70 bits per heavy atom. The summed E-state index contributed by atoms with van der Waals surface area (Å²) in [5.74, 6) is 0. The van der Waals surface area contributed by atoms with E-state index in [1.165, 1.54) is 16.7 Å². The molecule has 0 unspecified atom stereocenters. The molecule has 0 aromatic heterocycles. The normalized spacial score (nSPS) is 16.0. The molecule has 144 valence electrons. The van der Waals surface area contributed by atoms with Crippen molar-refractivity contribution >= 4 is 22.6 Å². The van der Waals surface area contributed by atoms with E-state index in [1.54, 1.807) is 0 Å². The highest BCUT2D eigenvalue weighted by atomic mass is 15.2. The fourth-order valence-electron chi connectivity index (χ4n) is 4.66. The van der Waals surface area contributed by atoms with Gasteiger partial charge in [-0.3, -0.25) is 0 Å². The summed E-state index contributed by atoms with van der Waals surface area (Å²) in [6.07, 6.45) is 8.46. The highest BCUT2D eigenvalue weighted by Gasteiger charge is 2.37. The van der Waals surface area contributed by atoms with Gasteiger partial charge in [-0.15, -0.1) is 0 Å². The third-order valence-corrected chi connectivity index (χ3v) is 6.22. The summed E-state index contributed by atoms with van der Waals surface area (Å²) in [6.45, 7) is 4.54. The van der Waals surface area contributed by atoms with Crippen LogP contribution in [0.5, 0.6) is 0 Å². The van der Waals surface area contributed by atoms with Crippen LogP contribution in [-0.4, -0.2) is 0 Å². The summed E-state index contributed by atoms with van der Waals surface area (Å²) < 4.78 is 0. The van der Waals surface area contributed by atoms with Gasteiger partial charge in [-0.25, -0.2) is 0 Å². The molecule has 0 bridgehead atoms. The molecule has 1 heterocycles. The number of nitrogens with zero attached hydrogens (tertiary/aromatic N) is 2. The molecule has 3 aromatic rings. The molecular weight excluding hydrogens is 364 g/mol. The van der Waals surface area contributed by atoms with E-state index in [0.717, 1.165) is 35.5 Å². The SMILES string of the molecule is CC1(C)c2ccc#cc2N(c2ccc(C#N)cc2C2=CC=CCC2)c2ccccc21. The molecule has 0 fully saturated rings. The van der Waals surface area contributed by atoms with Crippen LogP contribution < -0.4 is 4.90 Å². The second-order valence-electron chi connectivity index (χ2n) is 8.34. The molecule has 1 aliphatic heterocycles. The molecule has 0 atom stereocenters. The third-order valence-electron chi connectivity index (χ3n) is 6.22. The van der Waals surface area contributed by atoms with E-state index in [9.17, 15) is 5.26 Å². The smallest absolute Gasteiger partial charge is 0.101 e. The Balaban J connectivity index is 1.81. The van der Waals surface area contributed by atoms with Crippen LogP contribution in [0, 0.1) is 23.5 Å². The highest BCUT2D eigenvalue weighted by molar-refractivity contribution is 5.91. The van der Waals surface area contributed by atoms with Crippen LogP contribution in [0.15, 0.2) is 72.8 Å². The molecule has 5 rings (SSSR count). The van der Waals surface area contributed by atoms with E-state index in [2.05, 4.69) is 91.6 Å². The zero-order chi connectivity index (χ0) is 20.7. The van der Waals surface area contributed by atoms with Crippen molar-refractivity contribution in [2.24, 2.45) is 0 Å². The Hall–Kier alpha value is -3.75. The molecule has 0 saturated heterocycles. The average molecular weight is 386 g/mol. The van der Waals surface area contributed by atoms with Gasteiger partial charge in [-0.1, -0.05) is 56.3 Å². The molecule has 0 saturated carbocycles. The van der Waals surface area contributed by atoms with Crippen LogP contribution >= 0.6 is 0 Å². The lowest BCUT2D eigenvalue weighted by Crippen LogP contribution is -2.30. The Bertz CT molecular complexity index is 1190. The van der Waals surface area contributed by atoms with E-state index in [1.807, 2.05) is 18.2 Å². The lowest BCUT2D eigenvalue weighted by atomic mass is 9.73. The number of para-hydroxylation sites is 1. The Kier molecular flexibility index (Phi) is 4.23. The monoisotopic (exact) mass is 386 g/mol. The van der Waals surface area contributed by atoms with Gasteiger partial charge >= 0.3 is 0 Å². The predicted octanol–water partition coefficient (Wildman–Crippen LogP) is 7.00. The van der Waals surface area contributed by atoms with Gasteiger partial charge in [0, 0.05) is 11.0 Å². The van der Waals surface area contributed by atoms with Crippen LogP contribution in [0.2, 0.25) is 0 Å². The van der Waals surface area contributed by atoms with Crippen molar-refractivity contribution in [1.82, 2.24) is 0 Å². The first-order valence-electron chi connectivity index (χ1n) is 10.3. The maximum Gasteiger partial charge on any atom is 0.101 e. The Morgan fingerprint density at radius 1 is 1.03 bits per heavy atom. The summed E-state index contributed by atoms with van der Waals surface area (Å²) >= 11 is 0. The van der Waals surface area contributed by atoms with Gasteiger partial charge in [0.2, 0.25) is 0 Å². The maximum absolute atomic E-state index is 9.54. The molecule has 30 heavy (non-hydrogen) atoms. The minimum Gasteiger partial charge on any atom is -0.302 e. The van der Waals surface area contributed by atoms with E-state index in [-0.39, 0.29) is 5.41 Å². The molecule has 2 aliphatic rings. The molecule has 2 nitrogen and oxygen atoms in total. The number of fused-ring (bicyclic) bond motifs is 2. The second-order valence-corrected chi connectivity index (χ2v) is 8.34. The van der Waals surface area contributed by atoms with Crippen LogP contribution in [0.4, 0.5) is 17.1 Å². The number of benzene rings is 2. The number of hydrogen-bond acceptors (Lipinski definition) is 2. The molecule has 1 aliphatic carbocycles. The van der Waals surface area contributed by atoms with Crippen molar-refractivity contribution in [3.05, 3.63) is 107 Å². The van der Waals surface area contributed by atoms with Gasteiger partial charge in [0.05, 0.1) is 23.0 Å². The first-order chi connectivity index (χ1) is 14.6. The molecule has 2 heteroatoms. The van der Waals surface area contributed by atoms with Crippen LogP contribution in [-0.2, 0) is 5.41 Å². The second kappa shape index (κ2) is 6.94. The molecule has 0 radical (unpaired) electrons. The summed E-state index contributed by atoms with van der Waals surface area (Å²) in [4.78, 5) is 2.29. The van der Waals surface area contributed by atoms with Gasteiger partial charge in [-0.2, -0.15) is 5.26 Å². The number of rotatable bonds is 2. The van der Waals surface area contributed by atoms with Crippen molar-refractivity contribution in [3.8, 4) is 6.07 Å².